The molecule has 0 heterocycles. The summed E-state index contributed by atoms with van der Waals surface area (Å²) in [5.74, 6) is 1.42. The molecule has 1 unspecified atom stereocenters. The van der Waals surface area contributed by atoms with Gasteiger partial charge in [0.25, 0.3) is 5.91 Å². The molecule has 5 nitrogen and oxygen atoms in total. The van der Waals surface area contributed by atoms with E-state index in [0.717, 1.165) is 22.8 Å². The van der Waals surface area contributed by atoms with Crippen molar-refractivity contribution in [2.75, 3.05) is 26.1 Å². The van der Waals surface area contributed by atoms with Gasteiger partial charge in [-0.3, -0.25) is 4.79 Å². The van der Waals surface area contributed by atoms with Gasteiger partial charge in [0.2, 0.25) is 0 Å². The Bertz CT molecular complexity index is 728. The number of nitrogens with one attached hydrogen (secondary N) is 2. The van der Waals surface area contributed by atoms with E-state index in [2.05, 4.69) is 11.9 Å². The number of anilines is 1. The van der Waals surface area contributed by atoms with E-state index in [9.17, 15) is 4.79 Å². The Hall–Kier alpha value is -2.79. The smallest absolute Gasteiger partial charge is 0.282 e. The summed E-state index contributed by atoms with van der Waals surface area (Å²) in [5, 5.41) is 2.95. The number of hydrogen-bond donors (Lipinski definition) is 2. The molecule has 0 radical (unpaired) electrons. The van der Waals surface area contributed by atoms with Crippen molar-refractivity contribution >= 4 is 11.6 Å². The molecule has 0 aromatic heterocycles. The Morgan fingerprint density at radius 1 is 1.23 bits per heavy atom. The maximum absolute atomic E-state index is 12.6. The van der Waals surface area contributed by atoms with Gasteiger partial charge in [0.05, 0.1) is 19.8 Å². The first-order valence-electron chi connectivity index (χ1n) is 8.64. The lowest BCUT2D eigenvalue weighted by molar-refractivity contribution is -0.907. The van der Waals surface area contributed by atoms with Crippen molar-refractivity contribution in [1.29, 1.82) is 0 Å². The Kier molecular flexibility index (Phi) is 7.24. The number of hydrogen-bond acceptors (Lipinski definition) is 3. The van der Waals surface area contributed by atoms with Crippen LogP contribution in [0.15, 0.2) is 61.2 Å². The second-order valence-corrected chi connectivity index (χ2v) is 6.18. The van der Waals surface area contributed by atoms with Gasteiger partial charge in [0.1, 0.15) is 24.7 Å². The average molecular weight is 355 g/mol. The summed E-state index contributed by atoms with van der Waals surface area (Å²) < 4.78 is 10.8. The number of amides is 1. The summed E-state index contributed by atoms with van der Waals surface area (Å²) in [6.07, 6.45) is 1.72. The maximum Gasteiger partial charge on any atom is 0.282 e. The normalized spacial score (nSPS) is 12.7. The molecule has 2 rings (SSSR count). The quantitative estimate of drug-likeness (QED) is 0.679. The molecule has 0 aliphatic carbocycles. The Balaban J connectivity index is 1.94. The minimum absolute atomic E-state index is 0.0436. The molecule has 0 aliphatic rings. The number of ether oxygens (including phenoxy) is 2. The van der Waals surface area contributed by atoms with Gasteiger partial charge in [0.15, 0.2) is 6.04 Å². The van der Waals surface area contributed by atoms with Crippen LogP contribution >= 0.6 is 0 Å². The molecule has 5 heteroatoms. The van der Waals surface area contributed by atoms with Gasteiger partial charge in [-0.15, -0.1) is 0 Å². The summed E-state index contributed by atoms with van der Waals surface area (Å²) in [5.41, 5.74) is 1.83. The zero-order chi connectivity index (χ0) is 18.9. The van der Waals surface area contributed by atoms with Gasteiger partial charge >= 0.3 is 0 Å². The molecule has 0 saturated carbocycles. The summed E-state index contributed by atoms with van der Waals surface area (Å²) in [6.45, 7) is 6.78. The topological polar surface area (TPSA) is 52.0 Å². The van der Waals surface area contributed by atoms with E-state index in [1.807, 2.05) is 62.5 Å². The highest BCUT2D eigenvalue weighted by atomic mass is 16.5. The molecule has 0 fully saturated rings. The molecule has 0 spiro atoms. The van der Waals surface area contributed by atoms with Crippen molar-refractivity contribution in [2.24, 2.45) is 0 Å². The van der Waals surface area contributed by atoms with Gasteiger partial charge in [-0.05, 0) is 43.3 Å². The van der Waals surface area contributed by atoms with Crippen LogP contribution in [0, 0.1) is 0 Å². The van der Waals surface area contributed by atoms with Crippen molar-refractivity contribution < 1.29 is 19.2 Å². The molecule has 2 aromatic carbocycles. The van der Waals surface area contributed by atoms with E-state index in [0.29, 0.717) is 18.0 Å². The fraction of sp³-hybridized carbons (Fsp3) is 0.286. The van der Waals surface area contributed by atoms with Crippen molar-refractivity contribution in [2.45, 2.75) is 19.5 Å². The van der Waals surface area contributed by atoms with Crippen LogP contribution in [0.2, 0.25) is 0 Å². The van der Waals surface area contributed by atoms with E-state index in [4.69, 9.17) is 9.47 Å². The van der Waals surface area contributed by atoms with Crippen LogP contribution in [-0.2, 0) is 11.3 Å². The molecule has 138 valence electrons. The van der Waals surface area contributed by atoms with Crippen molar-refractivity contribution in [1.82, 2.24) is 0 Å². The molecule has 1 amide bonds. The van der Waals surface area contributed by atoms with Gasteiger partial charge in [-0.2, -0.15) is 0 Å². The average Bonchev–Trinajstić information content (AvgIpc) is 2.67. The Morgan fingerprint density at radius 2 is 1.92 bits per heavy atom. The van der Waals surface area contributed by atoms with Crippen LogP contribution < -0.4 is 19.7 Å². The predicted molar refractivity (Wildman–Crippen MR) is 104 cm³/mol. The minimum Gasteiger partial charge on any atom is -0.495 e. The van der Waals surface area contributed by atoms with Crippen molar-refractivity contribution in [3.8, 4) is 11.5 Å². The lowest BCUT2D eigenvalue weighted by atomic mass is 10.1. The first-order valence-corrected chi connectivity index (χ1v) is 8.64. The van der Waals surface area contributed by atoms with E-state index in [1.54, 1.807) is 13.2 Å². The number of likely N-dealkylation sites (N-methyl/N-ethyl adjacent to an activating group) is 1. The Morgan fingerprint density at radius 3 is 2.58 bits per heavy atom. The minimum atomic E-state index is -0.211. The fourth-order valence-electron chi connectivity index (χ4n) is 2.55. The number of benzene rings is 2. The largest absolute Gasteiger partial charge is 0.495 e. The molecular formula is C21H27N2O3+. The summed E-state index contributed by atoms with van der Waals surface area (Å²) >= 11 is 0. The molecule has 0 saturated heterocycles. The third-order valence-corrected chi connectivity index (χ3v) is 4.27. The van der Waals surface area contributed by atoms with E-state index < -0.39 is 0 Å². The van der Waals surface area contributed by atoms with Crippen LogP contribution in [0.3, 0.4) is 0 Å². The zero-order valence-corrected chi connectivity index (χ0v) is 15.6. The standard InChI is InChI=1S/C21H26N2O3/c1-5-14-26-18-12-10-17(11-13-18)15-23(3)16(2)21(24)22-19-8-6-7-9-20(19)25-4/h5-13,16H,1,14-15H2,2-4H3,(H,22,24)/p+1/t16-/m1/s1. The summed E-state index contributed by atoms with van der Waals surface area (Å²) in [7, 11) is 3.60. The Labute approximate surface area is 155 Å². The number of para-hydroxylation sites is 2. The molecule has 0 aliphatic heterocycles. The zero-order valence-electron chi connectivity index (χ0n) is 15.6. The third-order valence-electron chi connectivity index (χ3n) is 4.27. The second-order valence-electron chi connectivity index (χ2n) is 6.18. The number of methoxy groups -OCH3 is 1. The highest BCUT2D eigenvalue weighted by molar-refractivity contribution is 5.94. The number of rotatable bonds is 9. The fourth-order valence-corrected chi connectivity index (χ4v) is 2.55. The third kappa shape index (κ3) is 5.36. The van der Waals surface area contributed by atoms with Gasteiger partial charge in [-0.1, -0.05) is 24.8 Å². The number of carbonyl (C=O) groups is 1. The van der Waals surface area contributed by atoms with Crippen molar-refractivity contribution in [3.05, 3.63) is 66.7 Å². The molecule has 2 atom stereocenters. The lowest BCUT2D eigenvalue weighted by Gasteiger charge is -2.21. The van der Waals surface area contributed by atoms with Crippen LogP contribution in [0.4, 0.5) is 5.69 Å². The van der Waals surface area contributed by atoms with E-state index in [1.165, 1.54) is 0 Å². The number of quaternary nitrogens is 1. The molecular weight excluding hydrogens is 328 g/mol. The second kappa shape index (κ2) is 9.63. The SMILES string of the molecule is C=CCOc1ccc(C[NH+](C)[C@H](C)C(=O)Nc2ccccc2OC)cc1. The molecule has 2 aromatic rings. The molecule has 26 heavy (non-hydrogen) atoms. The maximum atomic E-state index is 12.6. The summed E-state index contributed by atoms with van der Waals surface area (Å²) in [4.78, 5) is 13.7. The van der Waals surface area contributed by atoms with Gasteiger partial charge in [0, 0.05) is 5.56 Å². The lowest BCUT2D eigenvalue weighted by Crippen LogP contribution is -3.12. The first-order chi connectivity index (χ1) is 12.5. The molecule has 0 bridgehead atoms. The highest BCUT2D eigenvalue weighted by Crippen LogP contribution is 2.22. The van der Waals surface area contributed by atoms with E-state index >= 15 is 0 Å². The predicted octanol–water partition coefficient (Wildman–Crippen LogP) is 2.30. The molecule has 2 N–H and O–H groups in total. The van der Waals surface area contributed by atoms with E-state index in [-0.39, 0.29) is 11.9 Å². The van der Waals surface area contributed by atoms with Gasteiger partial charge in [-0.25, -0.2) is 0 Å². The first kappa shape index (κ1) is 19.5. The number of carbonyl (C=O) groups excluding carboxylic acids is 1. The van der Waals surface area contributed by atoms with Crippen LogP contribution in [-0.4, -0.2) is 32.7 Å². The van der Waals surface area contributed by atoms with Gasteiger partial charge < -0.3 is 19.7 Å². The monoisotopic (exact) mass is 355 g/mol. The van der Waals surface area contributed by atoms with Crippen LogP contribution in [0.25, 0.3) is 0 Å². The van der Waals surface area contributed by atoms with Crippen LogP contribution in [0.1, 0.15) is 12.5 Å². The summed E-state index contributed by atoms with van der Waals surface area (Å²) in [6, 6.07) is 15.1. The van der Waals surface area contributed by atoms with Crippen LogP contribution in [0.5, 0.6) is 11.5 Å². The van der Waals surface area contributed by atoms with Crippen molar-refractivity contribution in [3.63, 3.8) is 0 Å². The highest BCUT2D eigenvalue weighted by Gasteiger charge is 2.22.